The second-order valence-electron chi connectivity index (χ2n) is 4.52. The lowest BCUT2D eigenvalue weighted by Crippen LogP contribution is -2.20. The van der Waals surface area contributed by atoms with Crippen LogP contribution in [0.25, 0.3) is 11.4 Å². The van der Waals surface area contributed by atoms with E-state index < -0.39 is 0 Å². The highest BCUT2D eigenvalue weighted by Crippen LogP contribution is 2.14. The number of hydrogen-bond acceptors (Lipinski definition) is 4. The summed E-state index contributed by atoms with van der Waals surface area (Å²) in [7, 11) is 0. The van der Waals surface area contributed by atoms with E-state index in [1.54, 1.807) is 12.1 Å². The molecule has 0 aliphatic rings. The molecule has 0 saturated heterocycles. The summed E-state index contributed by atoms with van der Waals surface area (Å²) in [5.74, 6) is 1.14. The van der Waals surface area contributed by atoms with Crippen LogP contribution in [-0.2, 0) is 4.79 Å². The topological polar surface area (TPSA) is 79.9 Å². The van der Waals surface area contributed by atoms with E-state index in [2.05, 4.69) is 20.5 Å². The van der Waals surface area contributed by atoms with Crippen molar-refractivity contribution in [1.29, 1.82) is 0 Å². The van der Waals surface area contributed by atoms with Crippen LogP contribution in [0.3, 0.4) is 0 Å². The number of nitrogens with one attached hydrogen (secondary N) is 2. The summed E-state index contributed by atoms with van der Waals surface area (Å²) in [6.45, 7) is -0.0980. The van der Waals surface area contributed by atoms with Crippen LogP contribution in [-0.4, -0.2) is 27.7 Å². The Balaban J connectivity index is 1.57. The Morgan fingerprint density at radius 1 is 1.05 bits per heavy atom. The molecule has 2 aromatic carbocycles. The van der Waals surface area contributed by atoms with Gasteiger partial charge in [0.15, 0.2) is 12.4 Å². The number of aromatic nitrogens is 3. The fourth-order valence-electron chi connectivity index (χ4n) is 1.87. The van der Waals surface area contributed by atoms with Crippen LogP contribution in [0.1, 0.15) is 0 Å². The Hall–Kier alpha value is -3.15. The van der Waals surface area contributed by atoms with Crippen molar-refractivity contribution >= 4 is 11.9 Å². The molecule has 0 spiro atoms. The number of H-pyrrole nitrogens is 1. The van der Waals surface area contributed by atoms with Crippen molar-refractivity contribution in [3.05, 3.63) is 60.7 Å². The molecule has 0 bridgehead atoms. The summed E-state index contributed by atoms with van der Waals surface area (Å²) in [5, 5.41) is 9.33. The van der Waals surface area contributed by atoms with Gasteiger partial charge in [-0.1, -0.05) is 48.5 Å². The molecule has 0 unspecified atom stereocenters. The van der Waals surface area contributed by atoms with Crippen molar-refractivity contribution in [3.8, 4) is 17.1 Å². The van der Waals surface area contributed by atoms with Gasteiger partial charge >= 0.3 is 0 Å². The zero-order valence-corrected chi connectivity index (χ0v) is 11.7. The lowest BCUT2D eigenvalue weighted by Gasteiger charge is -2.04. The molecule has 0 radical (unpaired) electrons. The minimum atomic E-state index is -0.317. The zero-order chi connectivity index (χ0) is 15.2. The van der Waals surface area contributed by atoms with Crippen LogP contribution >= 0.6 is 0 Å². The molecular formula is C16H14N4O2. The van der Waals surface area contributed by atoms with Crippen LogP contribution in [0, 0.1) is 0 Å². The van der Waals surface area contributed by atoms with E-state index in [0.29, 0.717) is 11.6 Å². The molecule has 0 saturated carbocycles. The van der Waals surface area contributed by atoms with E-state index in [-0.39, 0.29) is 18.5 Å². The first kappa shape index (κ1) is 13.8. The maximum Gasteiger partial charge on any atom is 0.264 e. The van der Waals surface area contributed by atoms with Crippen LogP contribution < -0.4 is 10.1 Å². The molecule has 6 heteroatoms. The van der Waals surface area contributed by atoms with E-state index in [1.165, 1.54) is 0 Å². The third kappa shape index (κ3) is 3.49. The largest absolute Gasteiger partial charge is 0.484 e. The van der Waals surface area contributed by atoms with Gasteiger partial charge in [-0.2, -0.15) is 4.98 Å². The SMILES string of the molecule is O=C(COc1ccccc1)Nc1n[nH]c(-c2ccccc2)n1. The average Bonchev–Trinajstić information content (AvgIpc) is 3.03. The number of aromatic amines is 1. The third-order valence-corrected chi connectivity index (χ3v) is 2.90. The van der Waals surface area contributed by atoms with Crippen LogP contribution in [0.15, 0.2) is 60.7 Å². The monoisotopic (exact) mass is 294 g/mol. The normalized spacial score (nSPS) is 10.2. The standard InChI is InChI=1S/C16H14N4O2/c21-14(11-22-13-9-5-2-6-10-13)17-16-18-15(19-20-16)12-7-3-1-4-8-12/h1-10H,11H2,(H2,17,18,19,20,21). The number of carbonyl (C=O) groups is 1. The van der Waals surface area contributed by atoms with Gasteiger partial charge in [-0.3, -0.25) is 15.2 Å². The molecule has 0 atom stereocenters. The summed E-state index contributed by atoms with van der Waals surface area (Å²) in [6.07, 6.45) is 0. The van der Waals surface area contributed by atoms with E-state index in [4.69, 9.17) is 4.74 Å². The molecule has 0 aliphatic heterocycles. The number of para-hydroxylation sites is 1. The highest BCUT2D eigenvalue weighted by molar-refractivity contribution is 5.90. The van der Waals surface area contributed by atoms with E-state index >= 15 is 0 Å². The number of hydrogen-bond donors (Lipinski definition) is 2. The van der Waals surface area contributed by atoms with Crippen molar-refractivity contribution in [2.24, 2.45) is 0 Å². The number of rotatable bonds is 5. The molecule has 1 heterocycles. The lowest BCUT2D eigenvalue weighted by atomic mass is 10.2. The summed E-state index contributed by atoms with van der Waals surface area (Å²) in [4.78, 5) is 16.0. The number of benzene rings is 2. The molecule has 3 aromatic rings. The van der Waals surface area contributed by atoms with Gasteiger partial charge in [0.25, 0.3) is 5.91 Å². The average molecular weight is 294 g/mol. The Kier molecular flexibility index (Phi) is 4.10. The summed E-state index contributed by atoms with van der Waals surface area (Å²) >= 11 is 0. The summed E-state index contributed by atoms with van der Waals surface area (Å²) in [6, 6.07) is 18.7. The molecule has 1 aromatic heterocycles. The molecule has 6 nitrogen and oxygen atoms in total. The van der Waals surface area contributed by atoms with E-state index in [0.717, 1.165) is 5.56 Å². The second kappa shape index (κ2) is 6.53. The number of carbonyl (C=O) groups excluding carboxylic acids is 1. The van der Waals surface area contributed by atoms with Gasteiger partial charge in [0.05, 0.1) is 0 Å². The Morgan fingerprint density at radius 3 is 2.45 bits per heavy atom. The minimum absolute atomic E-state index is 0.0980. The fraction of sp³-hybridized carbons (Fsp3) is 0.0625. The van der Waals surface area contributed by atoms with Gasteiger partial charge in [-0.15, -0.1) is 5.10 Å². The number of nitrogens with zero attached hydrogens (tertiary/aromatic N) is 2. The molecule has 3 rings (SSSR count). The number of ether oxygens (including phenoxy) is 1. The molecule has 0 fully saturated rings. The summed E-state index contributed by atoms with van der Waals surface area (Å²) < 4.78 is 5.35. The molecule has 0 aliphatic carbocycles. The van der Waals surface area contributed by atoms with E-state index in [1.807, 2.05) is 48.5 Å². The highest BCUT2D eigenvalue weighted by atomic mass is 16.5. The predicted octanol–water partition coefficient (Wildman–Crippen LogP) is 2.49. The quantitative estimate of drug-likeness (QED) is 0.757. The van der Waals surface area contributed by atoms with Gasteiger partial charge in [0, 0.05) is 5.56 Å². The minimum Gasteiger partial charge on any atom is -0.484 e. The van der Waals surface area contributed by atoms with Crippen LogP contribution in [0.2, 0.25) is 0 Å². The van der Waals surface area contributed by atoms with Crippen molar-refractivity contribution in [2.75, 3.05) is 11.9 Å². The number of anilines is 1. The first-order valence-electron chi connectivity index (χ1n) is 6.77. The van der Waals surface area contributed by atoms with Crippen molar-refractivity contribution < 1.29 is 9.53 Å². The first-order chi connectivity index (χ1) is 10.8. The van der Waals surface area contributed by atoms with Crippen molar-refractivity contribution in [3.63, 3.8) is 0 Å². The van der Waals surface area contributed by atoms with Gasteiger partial charge < -0.3 is 4.74 Å². The van der Waals surface area contributed by atoms with Crippen LogP contribution in [0.4, 0.5) is 5.95 Å². The third-order valence-electron chi connectivity index (χ3n) is 2.90. The summed E-state index contributed by atoms with van der Waals surface area (Å²) in [5.41, 5.74) is 0.899. The van der Waals surface area contributed by atoms with Crippen LogP contribution in [0.5, 0.6) is 5.75 Å². The maximum atomic E-state index is 11.8. The Labute approximate surface area is 127 Å². The first-order valence-corrected chi connectivity index (χ1v) is 6.77. The fourth-order valence-corrected chi connectivity index (χ4v) is 1.87. The lowest BCUT2D eigenvalue weighted by molar-refractivity contribution is -0.118. The predicted molar refractivity (Wildman–Crippen MR) is 82.4 cm³/mol. The second-order valence-corrected chi connectivity index (χ2v) is 4.52. The highest BCUT2D eigenvalue weighted by Gasteiger charge is 2.09. The van der Waals surface area contributed by atoms with E-state index in [9.17, 15) is 4.79 Å². The molecule has 2 N–H and O–H groups in total. The van der Waals surface area contributed by atoms with Gasteiger partial charge in [-0.25, -0.2) is 0 Å². The van der Waals surface area contributed by atoms with Gasteiger partial charge in [0.2, 0.25) is 5.95 Å². The zero-order valence-electron chi connectivity index (χ0n) is 11.7. The molecule has 1 amide bonds. The smallest absolute Gasteiger partial charge is 0.264 e. The molecule has 110 valence electrons. The van der Waals surface area contributed by atoms with Gasteiger partial charge in [-0.05, 0) is 12.1 Å². The Bertz CT molecular complexity index is 741. The Morgan fingerprint density at radius 2 is 1.73 bits per heavy atom. The van der Waals surface area contributed by atoms with Gasteiger partial charge in [0.1, 0.15) is 5.75 Å². The number of amides is 1. The van der Waals surface area contributed by atoms with Crippen molar-refractivity contribution in [1.82, 2.24) is 15.2 Å². The van der Waals surface area contributed by atoms with Crippen molar-refractivity contribution in [2.45, 2.75) is 0 Å². The molecule has 22 heavy (non-hydrogen) atoms. The molecular weight excluding hydrogens is 280 g/mol. The maximum absolute atomic E-state index is 11.8.